The van der Waals surface area contributed by atoms with Crippen LogP contribution in [-0.4, -0.2) is 98.1 Å². The van der Waals surface area contributed by atoms with Gasteiger partial charge in [0.1, 0.15) is 6.07 Å². The van der Waals surface area contributed by atoms with Gasteiger partial charge in [-0.3, -0.25) is 14.6 Å². The summed E-state index contributed by atoms with van der Waals surface area (Å²) in [6.07, 6.45) is 7.02. The van der Waals surface area contributed by atoms with Crippen LogP contribution in [0, 0.1) is 22.7 Å². The number of amides is 1. The van der Waals surface area contributed by atoms with Crippen molar-refractivity contribution in [2.75, 3.05) is 56.4 Å². The molecule has 1 saturated carbocycles. The predicted octanol–water partition coefficient (Wildman–Crippen LogP) is 1.92. The Balaban J connectivity index is 1.25. The Labute approximate surface area is 231 Å². The monoisotopic (exact) mass is 547 g/mol. The molecule has 0 radical (unpaired) electrons. The van der Waals surface area contributed by atoms with Gasteiger partial charge in [-0.2, -0.15) is 20.0 Å². The standard InChI is InChI=1S/C26H30ClN11O/c1-17(27)23(32-26-33-24(31-20-3-4-20)25-30-14-21(13-29)38(25)34-26)11-19(12-28)5-6-35-7-9-36(10-8-35)22-15-37(16-22)18(2)39/h5,11,14,20,22H,1,3-4,6-10,15-16H2,2H3,(H2,31,32,33,34)/b19-5+,23-11+. The van der Waals surface area contributed by atoms with Crippen LogP contribution in [0.4, 0.5) is 11.8 Å². The van der Waals surface area contributed by atoms with Gasteiger partial charge in [-0.1, -0.05) is 24.3 Å². The number of imidazole rings is 1. The summed E-state index contributed by atoms with van der Waals surface area (Å²) < 4.78 is 1.43. The lowest BCUT2D eigenvalue weighted by molar-refractivity contribution is -0.136. The number of anilines is 2. The van der Waals surface area contributed by atoms with Crippen molar-refractivity contribution < 1.29 is 4.79 Å². The van der Waals surface area contributed by atoms with E-state index in [-0.39, 0.29) is 22.6 Å². The highest BCUT2D eigenvalue weighted by Gasteiger charge is 2.34. The first-order valence-electron chi connectivity index (χ1n) is 12.9. The quantitative estimate of drug-likeness (QED) is 0.353. The lowest BCUT2D eigenvalue weighted by Gasteiger charge is -2.47. The number of carbonyl (C=O) groups excluding carboxylic acids is 1. The van der Waals surface area contributed by atoms with Crippen molar-refractivity contribution in [3.05, 3.63) is 46.9 Å². The van der Waals surface area contributed by atoms with Crippen molar-refractivity contribution >= 4 is 34.9 Å². The number of aromatic nitrogens is 4. The maximum atomic E-state index is 11.4. The van der Waals surface area contributed by atoms with Gasteiger partial charge in [0.2, 0.25) is 11.9 Å². The molecule has 1 aliphatic carbocycles. The minimum absolute atomic E-state index is 0.136. The van der Waals surface area contributed by atoms with E-state index in [1.165, 1.54) is 10.7 Å². The molecule has 13 heteroatoms. The number of likely N-dealkylation sites (tertiary alicyclic amines) is 1. The number of carbonyl (C=O) groups is 1. The Morgan fingerprint density at radius 2 is 2.00 bits per heavy atom. The summed E-state index contributed by atoms with van der Waals surface area (Å²) in [4.78, 5) is 26.9. The normalized spacial score (nSPS) is 19.3. The molecule has 0 bridgehead atoms. The van der Waals surface area contributed by atoms with Crippen LogP contribution >= 0.6 is 11.6 Å². The van der Waals surface area contributed by atoms with E-state index in [1.54, 1.807) is 13.0 Å². The van der Waals surface area contributed by atoms with Crippen molar-refractivity contribution in [2.45, 2.75) is 31.8 Å². The Hall–Kier alpha value is -3.97. The van der Waals surface area contributed by atoms with E-state index >= 15 is 0 Å². The van der Waals surface area contributed by atoms with Crippen LogP contribution in [0.5, 0.6) is 0 Å². The van der Waals surface area contributed by atoms with E-state index in [4.69, 9.17) is 11.6 Å². The van der Waals surface area contributed by atoms with Crippen LogP contribution < -0.4 is 10.6 Å². The fourth-order valence-electron chi connectivity index (χ4n) is 4.61. The molecule has 4 heterocycles. The first-order valence-corrected chi connectivity index (χ1v) is 13.3. The molecule has 202 valence electrons. The van der Waals surface area contributed by atoms with Crippen molar-refractivity contribution in [3.63, 3.8) is 0 Å². The van der Waals surface area contributed by atoms with E-state index in [0.29, 0.717) is 41.4 Å². The molecule has 0 spiro atoms. The summed E-state index contributed by atoms with van der Waals surface area (Å²) in [7, 11) is 0. The minimum atomic E-state index is 0.136. The molecule has 0 aromatic carbocycles. The first kappa shape index (κ1) is 26.6. The van der Waals surface area contributed by atoms with Crippen LogP contribution in [0.15, 0.2) is 41.2 Å². The second-order valence-electron chi connectivity index (χ2n) is 9.97. The summed E-state index contributed by atoms with van der Waals surface area (Å²) in [6.45, 7) is 11.3. The van der Waals surface area contributed by atoms with E-state index in [2.05, 4.69) is 54.2 Å². The molecular formula is C26H30ClN11O. The number of nitrogens with one attached hydrogen (secondary N) is 2. The van der Waals surface area contributed by atoms with E-state index < -0.39 is 0 Å². The maximum absolute atomic E-state index is 11.4. The second kappa shape index (κ2) is 11.4. The van der Waals surface area contributed by atoms with E-state index in [9.17, 15) is 15.3 Å². The third-order valence-corrected chi connectivity index (χ3v) is 7.37. The molecule has 0 unspecified atom stereocenters. The molecule has 2 aromatic heterocycles. The molecule has 3 aliphatic rings. The van der Waals surface area contributed by atoms with Gasteiger partial charge in [-0.05, 0) is 18.9 Å². The molecule has 2 N–H and O–H groups in total. The molecule has 3 fully saturated rings. The first-order chi connectivity index (χ1) is 18.8. The van der Waals surface area contributed by atoms with Crippen LogP contribution in [-0.2, 0) is 4.79 Å². The summed E-state index contributed by atoms with van der Waals surface area (Å²) in [5.41, 5.74) is 1.54. The lowest BCUT2D eigenvalue weighted by atomic mass is 10.1. The fraction of sp³-hybridized carbons (Fsp3) is 0.462. The van der Waals surface area contributed by atoms with Gasteiger partial charge in [0, 0.05) is 64.8 Å². The number of nitriles is 2. The van der Waals surface area contributed by atoms with Crippen molar-refractivity contribution in [2.24, 2.45) is 0 Å². The van der Waals surface area contributed by atoms with Crippen molar-refractivity contribution in [1.29, 1.82) is 10.5 Å². The van der Waals surface area contributed by atoms with Crippen LogP contribution in [0.2, 0.25) is 0 Å². The van der Waals surface area contributed by atoms with Gasteiger partial charge in [-0.25, -0.2) is 4.98 Å². The smallest absolute Gasteiger partial charge is 0.247 e. The molecule has 39 heavy (non-hydrogen) atoms. The maximum Gasteiger partial charge on any atom is 0.247 e. The largest absolute Gasteiger partial charge is 0.364 e. The van der Waals surface area contributed by atoms with Crippen LogP contribution in [0.1, 0.15) is 25.5 Å². The third kappa shape index (κ3) is 6.20. The highest BCUT2D eigenvalue weighted by Crippen LogP contribution is 2.27. The molecule has 2 aromatic rings. The number of piperazine rings is 1. The SMILES string of the molecule is C=C(Cl)/C(=C\C(C#N)=C/CN1CCN(C2CN(C(C)=O)C2)CC1)Nc1nc(NC2CC2)c2ncc(C#N)n2n1. The Morgan fingerprint density at radius 1 is 1.26 bits per heavy atom. The number of allylic oxidation sites excluding steroid dienone is 3. The fourth-order valence-corrected chi connectivity index (χ4v) is 4.71. The number of hydrogen-bond acceptors (Lipinski definition) is 10. The minimum Gasteiger partial charge on any atom is -0.364 e. The van der Waals surface area contributed by atoms with Crippen molar-refractivity contribution in [3.8, 4) is 12.1 Å². The lowest BCUT2D eigenvalue weighted by Crippen LogP contribution is -2.63. The summed E-state index contributed by atoms with van der Waals surface area (Å²) >= 11 is 6.28. The highest BCUT2D eigenvalue weighted by atomic mass is 35.5. The summed E-state index contributed by atoms with van der Waals surface area (Å²) in [6, 6.07) is 5.06. The summed E-state index contributed by atoms with van der Waals surface area (Å²) in [5, 5.41) is 30.2. The van der Waals surface area contributed by atoms with E-state index in [1.807, 2.05) is 11.0 Å². The molecule has 2 saturated heterocycles. The average Bonchev–Trinajstić information content (AvgIpc) is 3.61. The van der Waals surface area contributed by atoms with Crippen molar-refractivity contribution in [1.82, 2.24) is 34.3 Å². The number of nitrogens with zero attached hydrogens (tertiary/aromatic N) is 9. The van der Waals surface area contributed by atoms with Gasteiger partial charge in [0.05, 0.1) is 28.6 Å². The topological polar surface area (TPSA) is 142 Å². The zero-order chi connectivity index (χ0) is 27.5. The van der Waals surface area contributed by atoms with Crippen LogP contribution in [0.25, 0.3) is 5.65 Å². The van der Waals surface area contributed by atoms with E-state index in [0.717, 1.165) is 52.1 Å². The number of fused-ring (bicyclic) bond motifs is 1. The zero-order valence-electron chi connectivity index (χ0n) is 21.8. The number of rotatable bonds is 9. The Morgan fingerprint density at radius 3 is 2.62 bits per heavy atom. The Bertz CT molecular complexity index is 1410. The molecular weight excluding hydrogens is 518 g/mol. The van der Waals surface area contributed by atoms with Gasteiger partial charge in [-0.15, -0.1) is 5.10 Å². The second-order valence-corrected chi connectivity index (χ2v) is 10.4. The van der Waals surface area contributed by atoms with Gasteiger partial charge < -0.3 is 15.5 Å². The van der Waals surface area contributed by atoms with Crippen LogP contribution in [0.3, 0.4) is 0 Å². The molecule has 12 nitrogen and oxygen atoms in total. The molecule has 1 amide bonds. The number of halogens is 1. The predicted molar refractivity (Wildman–Crippen MR) is 147 cm³/mol. The molecule has 0 atom stereocenters. The highest BCUT2D eigenvalue weighted by molar-refractivity contribution is 6.31. The van der Waals surface area contributed by atoms with Gasteiger partial charge in [0.15, 0.2) is 17.2 Å². The van der Waals surface area contributed by atoms with Gasteiger partial charge in [0.25, 0.3) is 0 Å². The average molecular weight is 548 g/mol. The summed E-state index contributed by atoms with van der Waals surface area (Å²) in [5.74, 6) is 0.847. The van der Waals surface area contributed by atoms with Gasteiger partial charge >= 0.3 is 0 Å². The molecule has 2 aliphatic heterocycles. The zero-order valence-corrected chi connectivity index (χ0v) is 22.5. The third-order valence-electron chi connectivity index (χ3n) is 7.16. The number of hydrogen-bond donors (Lipinski definition) is 2. The Kier molecular flexibility index (Phi) is 7.79. The molecule has 5 rings (SSSR count).